The molecule has 1 amide bonds. The molecule has 0 atom stereocenters. The van der Waals surface area contributed by atoms with Crippen LogP contribution < -0.4 is 10.2 Å². The van der Waals surface area contributed by atoms with Crippen molar-refractivity contribution in [2.24, 2.45) is 0 Å². The molecule has 0 aromatic heterocycles. The van der Waals surface area contributed by atoms with Crippen molar-refractivity contribution < 1.29 is 4.79 Å². The van der Waals surface area contributed by atoms with Gasteiger partial charge >= 0.3 is 0 Å². The number of benzene rings is 4. The van der Waals surface area contributed by atoms with Gasteiger partial charge in [0, 0.05) is 39.8 Å². The summed E-state index contributed by atoms with van der Waals surface area (Å²) in [7, 11) is 0. The Morgan fingerprint density at radius 3 is 1.95 bits per heavy atom. The fraction of sp³-hybridized carbons (Fsp3) is 0.275. The first-order valence-electron chi connectivity index (χ1n) is 15.6. The highest BCUT2D eigenvalue weighted by atomic mass is 32.2. The van der Waals surface area contributed by atoms with E-state index in [-0.39, 0.29) is 5.91 Å². The number of thioether (sulfide) groups is 1. The van der Waals surface area contributed by atoms with Crippen molar-refractivity contribution >= 4 is 39.5 Å². The molecule has 0 aliphatic carbocycles. The number of amides is 1. The van der Waals surface area contributed by atoms with Crippen LogP contribution >= 0.6 is 11.8 Å². The molecule has 0 heterocycles. The van der Waals surface area contributed by atoms with Crippen LogP contribution in [-0.2, 0) is 0 Å². The number of hydrogen-bond acceptors (Lipinski definition) is 3. The van der Waals surface area contributed by atoms with Crippen LogP contribution in [0.2, 0.25) is 0 Å². The molecule has 0 radical (unpaired) electrons. The van der Waals surface area contributed by atoms with Crippen LogP contribution in [0.3, 0.4) is 0 Å². The van der Waals surface area contributed by atoms with Gasteiger partial charge in [-0.1, -0.05) is 100 Å². The average molecular weight is 605 g/mol. The van der Waals surface area contributed by atoms with Crippen molar-refractivity contribution in [3.05, 3.63) is 137 Å². The van der Waals surface area contributed by atoms with E-state index in [0.717, 1.165) is 51.5 Å². The summed E-state index contributed by atoms with van der Waals surface area (Å²) in [5.74, 6) is -0.162. The molecular weight excluding hydrogens is 557 g/mol. The summed E-state index contributed by atoms with van der Waals surface area (Å²) in [5, 5.41) is 3.07. The van der Waals surface area contributed by atoms with Gasteiger partial charge in [0.1, 0.15) is 0 Å². The molecule has 0 fully saturated rings. The van der Waals surface area contributed by atoms with E-state index in [2.05, 4.69) is 108 Å². The van der Waals surface area contributed by atoms with Gasteiger partial charge in [-0.05, 0) is 110 Å². The Morgan fingerprint density at radius 1 is 0.727 bits per heavy atom. The first kappa shape index (κ1) is 34.5. The molecular formula is C40H48N2OS. The van der Waals surface area contributed by atoms with Crippen LogP contribution in [-0.4, -0.2) is 19.0 Å². The standard InChI is InChI=1S/C36H38N2OS.C4H10/c1-8-38(9-2)31-20-21-32(26(5)23-31)27(6)33-12-10-11-13-34(33)36(39)37-30-18-16-29(17-19-30)28(7)40-35-22-24(3)14-15-25(35)4;1-3-4-2/h10-23H,6-9H2,1-5H3,(H,37,39);3-4H2,1-2H3. The van der Waals surface area contributed by atoms with Crippen molar-refractivity contribution in [3.63, 3.8) is 0 Å². The van der Waals surface area contributed by atoms with Crippen molar-refractivity contribution in [1.29, 1.82) is 0 Å². The van der Waals surface area contributed by atoms with Crippen LogP contribution in [0.4, 0.5) is 11.4 Å². The van der Waals surface area contributed by atoms with Crippen LogP contribution in [0, 0.1) is 20.8 Å². The minimum Gasteiger partial charge on any atom is -0.372 e. The van der Waals surface area contributed by atoms with Gasteiger partial charge < -0.3 is 10.2 Å². The van der Waals surface area contributed by atoms with Gasteiger partial charge in [0.05, 0.1) is 0 Å². The molecule has 0 spiro atoms. The second-order valence-corrected chi connectivity index (χ2v) is 12.2. The number of unbranched alkanes of at least 4 members (excludes halogenated alkanes) is 1. The molecule has 0 unspecified atom stereocenters. The molecule has 230 valence electrons. The third-order valence-electron chi connectivity index (χ3n) is 7.70. The third-order valence-corrected chi connectivity index (χ3v) is 8.84. The van der Waals surface area contributed by atoms with Crippen molar-refractivity contribution in [2.45, 2.75) is 66.2 Å². The Balaban J connectivity index is 0.00000124. The maximum atomic E-state index is 13.4. The zero-order valence-electron chi connectivity index (χ0n) is 27.6. The second kappa shape index (κ2) is 16.7. The fourth-order valence-electron chi connectivity index (χ4n) is 4.81. The van der Waals surface area contributed by atoms with Gasteiger partial charge in [0.25, 0.3) is 5.91 Å². The normalized spacial score (nSPS) is 10.4. The Bertz CT molecular complexity index is 1580. The van der Waals surface area contributed by atoms with E-state index in [0.29, 0.717) is 5.56 Å². The van der Waals surface area contributed by atoms with Crippen LogP contribution in [0.25, 0.3) is 10.5 Å². The summed E-state index contributed by atoms with van der Waals surface area (Å²) in [6.45, 7) is 25.6. The highest BCUT2D eigenvalue weighted by Gasteiger charge is 2.16. The summed E-state index contributed by atoms with van der Waals surface area (Å²) in [4.78, 5) is 17.9. The Labute approximate surface area is 270 Å². The highest BCUT2D eigenvalue weighted by Crippen LogP contribution is 2.36. The Morgan fingerprint density at radius 2 is 1.36 bits per heavy atom. The van der Waals surface area contributed by atoms with E-state index >= 15 is 0 Å². The van der Waals surface area contributed by atoms with Crippen molar-refractivity contribution in [3.8, 4) is 0 Å². The van der Waals surface area contributed by atoms with Crippen LogP contribution in [0.15, 0.2) is 103 Å². The Kier molecular flexibility index (Phi) is 13.1. The lowest BCUT2D eigenvalue weighted by atomic mass is 9.92. The minimum atomic E-state index is -0.162. The average Bonchev–Trinajstić information content (AvgIpc) is 3.03. The lowest BCUT2D eigenvalue weighted by Crippen LogP contribution is -2.21. The predicted octanol–water partition coefficient (Wildman–Crippen LogP) is 11.3. The van der Waals surface area contributed by atoms with Gasteiger partial charge in [-0.15, -0.1) is 0 Å². The molecule has 0 saturated carbocycles. The number of carbonyl (C=O) groups is 1. The molecule has 4 heteroatoms. The SMILES string of the molecule is C=C(Sc1cc(C)ccc1C)c1ccc(NC(=O)c2ccccc2C(=C)c2ccc(N(CC)CC)cc2C)cc1.CCCC. The number of nitrogens with zero attached hydrogens (tertiary/aromatic N) is 1. The molecule has 4 aromatic carbocycles. The van der Waals surface area contributed by atoms with Gasteiger partial charge in [-0.25, -0.2) is 0 Å². The lowest BCUT2D eigenvalue weighted by Gasteiger charge is -2.23. The van der Waals surface area contributed by atoms with E-state index in [1.807, 2.05) is 48.5 Å². The number of aryl methyl sites for hydroxylation is 3. The number of nitrogens with one attached hydrogen (secondary N) is 1. The maximum Gasteiger partial charge on any atom is 0.256 e. The predicted molar refractivity (Wildman–Crippen MR) is 195 cm³/mol. The monoisotopic (exact) mass is 604 g/mol. The zero-order chi connectivity index (χ0) is 32.2. The molecule has 0 aliphatic rings. The maximum absolute atomic E-state index is 13.4. The molecule has 1 N–H and O–H groups in total. The molecule has 4 rings (SSSR count). The molecule has 44 heavy (non-hydrogen) atoms. The van der Waals surface area contributed by atoms with Gasteiger partial charge in [-0.3, -0.25) is 4.79 Å². The topological polar surface area (TPSA) is 32.3 Å². The highest BCUT2D eigenvalue weighted by molar-refractivity contribution is 8.08. The number of hydrogen-bond donors (Lipinski definition) is 1. The van der Waals surface area contributed by atoms with Gasteiger partial charge in [0.2, 0.25) is 0 Å². The summed E-state index contributed by atoms with van der Waals surface area (Å²) in [6, 6.07) is 28.4. The third kappa shape index (κ3) is 9.00. The van der Waals surface area contributed by atoms with E-state index < -0.39 is 0 Å². The number of anilines is 2. The molecule has 0 bridgehead atoms. The first-order valence-corrected chi connectivity index (χ1v) is 16.4. The van der Waals surface area contributed by atoms with Crippen LogP contribution in [0.5, 0.6) is 0 Å². The van der Waals surface area contributed by atoms with E-state index in [9.17, 15) is 4.79 Å². The zero-order valence-corrected chi connectivity index (χ0v) is 28.4. The smallest absolute Gasteiger partial charge is 0.256 e. The summed E-state index contributed by atoms with van der Waals surface area (Å²) in [6.07, 6.45) is 2.64. The van der Waals surface area contributed by atoms with Crippen molar-refractivity contribution in [2.75, 3.05) is 23.3 Å². The van der Waals surface area contributed by atoms with Gasteiger partial charge in [-0.2, -0.15) is 0 Å². The van der Waals surface area contributed by atoms with E-state index in [4.69, 9.17) is 0 Å². The second-order valence-electron chi connectivity index (χ2n) is 11.0. The molecule has 0 aliphatic heterocycles. The largest absolute Gasteiger partial charge is 0.372 e. The molecule has 0 saturated heterocycles. The van der Waals surface area contributed by atoms with Crippen LogP contribution in [0.1, 0.15) is 84.3 Å². The molecule has 4 aromatic rings. The first-order chi connectivity index (χ1) is 21.1. The molecule has 3 nitrogen and oxygen atoms in total. The Hall–Kier alpha value is -4.02. The number of carbonyl (C=O) groups excluding carboxylic acids is 1. The fourth-order valence-corrected chi connectivity index (χ4v) is 5.80. The summed E-state index contributed by atoms with van der Waals surface area (Å²) in [5.41, 5.74) is 9.87. The van der Waals surface area contributed by atoms with Crippen molar-refractivity contribution in [1.82, 2.24) is 0 Å². The quantitative estimate of drug-likeness (QED) is 0.173. The lowest BCUT2D eigenvalue weighted by molar-refractivity contribution is 0.102. The summed E-state index contributed by atoms with van der Waals surface area (Å²) >= 11 is 1.67. The minimum absolute atomic E-state index is 0.162. The number of rotatable bonds is 11. The van der Waals surface area contributed by atoms with E-state index in [1.54, 1.807) is 11.8 Å². The van der Waals surface area contributed by atoms with E-state index in [1.165, 1.54) is 34.6 Å². The summed E-state index contributed by atoms with van der Waals surface area (Å²) < 4.78 is 0. The van der Waals surface area contributed by atoms with Gasteiger partial charge in [0.15, 0.2) is 0 Å².